The van der Waals surface area contributed by atoms with Crippen LogP contribution in [0.1, 0.15) is 18.1 Å². The molecule has 4 aromatic carbocycles. The van der Waals surface area contributed by atoms with E-state index in [1.807, 2.05) is 6.07 Å². The highest BCUT2D eigenvalue weighted by atomic mass is 16.5. The van der Waals surface area contributed by atoms with Crippen LogP contribution in [-0.2, 0) is 0 Å². The van der Waals surface area contributed by atoms with Crippen molar-refractivity contribution in [3.8, 4) is 50.7 Å². The van der Waals surface area contributed by atoms with Crippen molar-refractivity contribution in [2.45, 2.75) is 13.8 Å². The van der Waals surface area contributed by atoms with Crippen LogP contribution < -0.4 is 13.8 Å². The van der Waals surface area contributed by atoms with Gasteiger partial charge in [0.15, 0.2) is 11.9 Å². The molecule has 0 aliphatic carbocycles. The summed E-state index contributed by atoms with van der Waals surface area (Å²) in [7, 11) is 4.56. The van der Waals surface area contributed by atoms with Crippen LogP contribution in [0.15, 0.2) is 109 Å². The molecule has 0 N–H and O–H groups in total. The summed E-state index contributed by atoms with van der Waals surface area (Å²) in [6.07, 6.45) is 4.46. The number of hydrogen-bond donors (Lipinski definition) is 0. The molecule has 0 saturated carbocycles. The van der Waals surface area contributed by atoms with Crippen LogP contribution >= 0.6 is 0 Å². The van der Waals surface area contributed by atoms with E-state index in [1.165, 1.54) is 50.6 Å². The maximum Gasteiger partial charge on any atom is 0.224 e. The number of ether oxygens (including phenoxy) is 1. The second kappa shape index (κ2) is 8.27. The molecular formula is C35H30N2O+2. The molecule has 2 aliphatic rings. The SMILES string of the molecule is C/C=C1/c2ccccc2-[n+]2ccc(C)cc2-c2cc3c(cc2[N+]1(C)C)Oc1ccccc1-c1ccccc1-3. The normalized spacial score (nSPS) is 15.3. The Kier molecular flexibility index (Phi) is 4.94. The zero-order chi connectivity index (χ0) is 26.0. The van der Waals surface area contributed by atoms with Gasteiger partial charge in [-0.15, -0.1) is 0 Å². The van der Waals surface area contributed by atoms with E-state index in [1.54, 1.807) is 0 Å². The predicted molar refractivity (Wildman–Crippen MR) is 156 cm³/mol. The van der Waals surface area contributed by atoms with Gasteiger partial charge < -0.3 is 4.74 Å². The minimum absolute atomic E-state index is 0.594. The molecule has 184 valence electrons. The number of fused-ring (bicyclic) bond motifs is 10. The van der Waals surface area contributed by atoms with Gasteiger partial charge in [-0.3, -0.25) is 4.48 Å². The lowest BCUT2D eigenvalue weighted by Gasteiger charge is -2.34. The van der Waals surface area contributed by atoms with Gasteiger partial charge in [0.2, 0.25) is 11.4 Å². The summed E-state index contributed by atoms with van der Waals surface area (Å²) in [5.41, 5.74) is 13.1. The molecule has 0 fully saturated rings. The number of hydrogen-bond acceptors (Lipinski definition) is 1. The van der Waals surface area contributed by atoms with Crippen molar-refractivity contribution in [3.05, 3.63) is 120 Å². The Balaban J connectivity index is 1.63. The molecule has 5 aromatic rings. The zero-order valence-electron chi connectivity index (χ0n) is 22.2. The maximum atomic E-state index is 6.73. The third-order valence-corrected chi connectivity index (χ3v) is 8.02. The molecule has 3 nitrogen and oxygen atoms in total. The summed E-state index contributed by atoms with van der Waals surface area (Å²) in [5.74, 6) is 1.77. The highest BCUT2D eigenvalue weighted by Crippen LogP contribution is 2.51. The fraction of sp³-hybridized carbons (Fsp3) is 0.114. The van der Waals surface area contributed by atoms with E-state index < -0.39 is 0 Å². The van der Waals surface area contributed by atoms with Crippen LogP contribution in [-0.4, -0.2) is 14.1 Å². The first kappa shape index (κ1) is 22.7. The van der Waals surface area contributed by atoms with Crippen LogP contribution in [0.4, 0.5) is 5.69 Å². The molecule has 0 bridgehead atoms. The Morgan fingerprint density at radius 3 is 2.08 bits per heavy atom. The summed E-state index contributed by atoms with van der Waals surface area (Å²) in [4.78, 5) is 0. The van der Waals surface area contributed by atoms with Gasteiger partial charge in [0.1, 0.15) is 28.3 Å². The molecule has 0 amide bonds. The largest absolute Gasteiger partial charge is 0.456 e. The maximum absolute atomic E-state index is 6.73. The van der Waals surface area contributed by atoms with E-state index in [9.17, 15) is 0 Å². The van der Waals surface area contributed by atoms with E-state index in [4.69, 9.17) is 4.74 Å². The van der Waals surface area contributed by atoms with E-state index in [0.717, 1.165) is 22.6 Å². The Labute approximate surface area is 224 Å². The van der Waals surface area contributed by atoms with Gasteiger partial charge in [0, 0.05) is 35.4 Å². The lowest BCUT2D eigenvalue weighted by atomic mass is 9.91. The molecule has 1 aromatic heterocycles. The van der Waals surface area contributed by atoms with Crippen LogP contribution in [0, 0.1) is 6.92 Å². The second-order valence-corrected chi connectivity index (χ2v) is 10.6. The topological polar surface area (TPSA) is 13.1 Å². The monoisotopic (exact) mass is 494 g/mol. The number of rotatable bonds is 0. The first-order valence-corrected chi connectivity index (χ1v) is 13.2. The summed E-state index contributed by atoms with van der Waals surface area (Å²) in [6, 6.07) is 34.8. The number of aromatic nitrogens is 1. The van der Waals surface area contributed by atoms with E-state index in [-0.39, 0.29) is 0 Å². The van der Waals surface area contributed by atoms with Gasteiger partial charge in [-0.1, -0.05) is 54.6 Å². The van der Waals surface area contributed by atoms with Crippen LogP contribution in [0.2, 0.25) is 0 Å². The standard InChI is InChI=1S/C35H30N2O/c1-5-32-27-15-8-10-16-30(27)36-19-18-23(2)20-31(36)29-21-28-25-13-7-6-12-24(25)26-14-9-11-17-34(26)38-35(28)22-33(29)37(32,3)4/h5-22H,1-4H3/q+2/b32-5-. The lowest BCUT2D eigenvalue weighted by Crippen LogP contribution is -2.44. The number of quaternary nitrogens is 1. The molecule has 38 heavy (non-hydrogen) atoms. The third kappa shape index (κ3) is 3.22. The third-order valence-electron chi connectivity index (χ3n) is 8.02. The molecule has 3 heteroatoms. The molecule has 2 aliphatic heterocycles. The number of aryl methyl sites for hydroxylation is 1. The quantitative estimate of drug-likeness (QED) is 0.153. The fourth-order valence-corrected chi connectivity index (χ4v) is 6.21. The average Bonchev–Trinajstić information content (AvgIpc) is 3.07. The highest BCUT2D eigenvalue weighted by molar-refractivity contribution is 5.95. The summed E-state index contributed by atoms with van der Waals surface area (Å²) >= 11 is 0. The van der Waals surface area contributed by atoms with Crippen molar-refractivity contribution in [2.24, 2.45) is 0 Å². The Morgan fingerprint density at radius 2 is 1.32 bits per heavy atom. The molecule has 7 rings (SSSR count). The zero-order valence-corrected chi connectivity index (χ0v) is 22.2. The molecule has 0 atom stereocenters. The van der Waals surface area contributed by atoms with Crippen molar-refractivity contribution in [1.29, 1.82) is 0 Å². The molecule has 3 heterocycles. The Morgan fingerprint density at radius 1 is 0.658 bits per heavy atom. The van der Waals surface area contributed by atoms with Crippen molar-refractivity contribution in [3.63, 3.8) is 0 Å². The molecule has 0 unspecified atom stereocenters. The molecular weight excluding hydrogens is 464 g/mol. The van der Waals surface area contributed by atoms with E-state index >= 15 is 0 Å². The summed E-state index contributed by atoms with van der Waals surface area (Å²) in [6.45, 7) is 4.31. The lowest BCUT2D eigenvalue weighted by molar-refractivity contribution is -0.584. The van der Waals surface area contributed by atoms with Gasteiger partial charge in [-0.2, -0.15) is 4.57 Å². The first-order valence-electron chi connectivity index (χ1n) is 13.2. The van der Waals surface area contributed by atoms with E-state index in [0.29, 0.717) is 4.48 Å². The number of pyridine rings is 1. The number of benzene rings is 4. The van der Waals surface area contributed by atoms with Crippen molar-refractivity contribution >= 4 is 11.4 Å². The van der Waals surface area contributed by atoms with Crippen LogP contribution in [0.25, 0.3) is 44.9 Å². The second-order valence-electron chi connectivity index (χ2n) is 10.6. The van der Waals surface area contributed by atoms with Crippen molar-refractivity contribution in [1.82, 2.24) is 4.48 Å². The average molecular weight is 495 g/mol. The Hall–Kier alpha value is -4.47. The number of nitrogens with zero attached hydrogens (tertiary/aromatic N) is 2. The highest BCUT2D eigenvalue weighted by Gasteiger charge is 2.39. The summed E-state index contributed by atoms with van der Waals surface area (Å²) in [5, 5.41) is 0. The van der Waals surface area contributed by atoms with Crippen molar-refractivity contribution < 1.29 is 9.30 Å². The predicted octanol–water partition coefficient (Wildman–Crippen LogP) is 8.32. The van der Waals surface area contributed by atoms with Crippen LogP contribution in [0.3, 0.4) is 0 Å². The smallest absolute Gasteiger partial charge is 0.224 e. The number of para-hydroxylation sites is 2. The van der Waals surface area contributed by atoms with Gasteiger partial charge >= 0.3 is 0 Å². The molecule has 0 spiro atoms. The Bertz CT molecular complexity index is 1790. The number of allylic oxidation sites excluding steroid dienone is 1. The van der Waals surface area contributed by atoms with Gasteiger partial charge in [0.25, 0.3) is 0 Å². The van der Waals surface area contributed by atoms with Crippen LogP contribution in [0.5, 0.6) is 11.5 Å². The minimum atomic E-state index is 0.594. The van der Waals surface area contributed by atoms with Gasteiger partial charge in [-0.05, 0) is 54.8 Å². The molecule has 0 saturated heterocycles. The van der Waals surface area contributed by atoms with Crippen molar-refractivity contribution in [2.75, 3.05) is 14.1 Å². The van der Waals surface area contributed by atoms with Gasteiger partial charge in [-0.25, -0.2) is 0 Å². The fourth-order valence-electron chi connectivity index (χ4n) is 6.21. The minimum Gasteiger partial charge on any atom is -0.456 e. The summed E-state index contributed by atoms with van der Waals surface area (Å²) < 4.78 is 9.67. The molecule has 0 radical (unpaired) electrons. The van der Waals surface area contributed by atoms with E-state index in [2.05, 4.69) is 136 Å². The van der Waals surface area contributed by atoms with Gasteiger partial charge in [0.05, 0.1) is 14.1 Å². The first-order chi connectivity index (χ1) is 18.5.